The molecule has 0 saturated carbocycles. The zero-order valence-corrected chi connectivity index (χ0v) is 6.11. The highest BCUT2D eigenvalue weighted by atomic mass is 16.1. The highest BCUT2D eigenvalue weighted by Crippen LogP contribution is 2.04. The van der Waals surface area contributed by atoms with Crippen molar-refractivity contribution in [1.29, 1.82) is 0 Å². The molecule has 0 aliphatic heterocycles. The van der Waals surface area contributed by atoms with Gasteiger partial charge in [-0.1, -0.05) is 0 Å². The minimum atomic E-state index is -0.0782. The van der Waals surface area contributed by atoms with E-state index in [0.29, 0.717) is 11.4 Å². The largest absolute Gasteiger partial charge is 0.367 e. The van der Waals surface area contributed by atoms with E-state index in [1.165, 1.54) is 12.4 Å². The fourth-order valence-electron chi connectivity index (χ4n) is 0.936. The first kappa shape index (κ1) is 6.78. The molecule has 0 unspecified atom stereocenters. The number of H-pyrrole nitrogens is 2. The minimum Gasteiger partial charge on any atom is -0.367 e. The van der Waals surface area contributed by atoms with Crippen LogP contribution in [-0.2, 0) is 0 Å². The maximum absolute atomic E-state index is 11.2. The number of pyridine rings is 1. The Morgan fingerprint density at radius 2 is 2.33 bits per heavy atom. The van der Waals surface area contributed by atoms with Crippen molar-refractivity contribution in [2.45, 2.75) is 0 Å². The van der Waals surface area contributed by atoms with E-state index in [1.54, 1.807) is 12.4 Å². The monoisotopic (exact) mass is 162 g/mol. The van der Waals surface area contributed by atoms with Gasteiger partial charge in [0, 0.05) is 18.5 Å². The van der Waals surface area contributed by atoms with Crippen molar-refractivity contribution < 1.29 is 0 Å². The lowest BCUT2D eigenvalue weighted by Crippen LogP contribution is -2.03. The van der Waals surface area contributed by atoms with Gasteiger partial charge in [0.2, 0.25) is 0 Å². The first-order valence-corrected chi connectivity index (χ1v) is 3.41. The molecule has 2 rings (SSSR count). The van der Waals surface area contributed by atoms with E-state index in [-0.39, 0.29) is 5.43 Å². The zero-order chi connectivity index (χ0) is 8.39. The molecule has 0 radical (unpaired) electrons. The summed E-state index contributed by atoms with van der Waals surface area (Å²) in [6.45, 7) is 0. The summed E-state index contributed by atoms with van der Waals surface area (Å²) in [7, 11) is 0. The molecular formula is C7H6N4O. The van der Waals surface area contributed by atoms with Crippen LogP contribution in [0.1, 0.15) is 0 Å². The molecular weight excluding hydrogens is 156 g/mol. The first-order chi connectivity index (χ1) is 5.88. The normalized spacial score (nSPS) is 10.0. The van der Waals surface area contributed by atoms with Crippen LogP contribution in [0.3, 0.4) is 0 Å². The Morgan fingerprint density at radius 1 is 1.42 bits per heavy atom. The number of nitrogens with one attached hydrogen (secondary N) is 2. The Morgan fingerprint density at radius 3 is 3.00 bits per heavy atom. The molecule has 2 N–H and O–H groups in total. The molecule has 0 aromatic carbocycles. The van der Waals surface area contributed by atoms with Crippen LogP contribution in [0.15, 0.2) is 29.6 Å². The van der Waals surface area contributed by atoms with E-state index in [4.69, 9.17) is 0 Å². The summed E-state index contributed by atoms with van der Waals surface area (Å²) in [4.78, 5) is 17.9. The number of nitrogens with zero attached hydrogens (tertiary/aromatic N) is 2. The second kappa shape index (κ2) is 2.61. The summed E-state index contributed by atoms with van der Waals surface area (Å²) in [5.41, 5.74) is 0.417. The third kappa shape index (κ3) is 1.01. The maximum atomic E-state index is 11.2. The highest BCUT2D eigenvalue weighted by molar-refractivity contribution is 5.51. The van der Waals surface area contributed by atoms with Crippen LogP contribution in [0.2, 0.25) is 0 Å². The summed E-state index contributed by atoms with van der Waals surface area (Å²) < 4.78 is 0. The summed E-state index contributed by atoms with van der Waals surface area (Å²) in [6.07, 6.45) is 4.52. The van der Waals surface area contributed by atoms with Gasteiger partial charge in [-0.25, -0.2) is 4.98 Å². The SMILES string of the molecule is O=c1cc[nH]cc1-c1ncn[nH]1. The molecule has 2 aromatic heterocycles. The molecule has 0 saturated heterocycles. The predicted molar refractivity (Wildman–Crippen MR) is 42.4 cm³/mol. The molecule has 0 aliphatic rings. The lowest BCUT2D eigenvalue weighted by Gasteiger charge is -1.91. The lowest BCUT2D eigenvalue weighted by atomic mass is 10.3. The van der Waals surface area contributed by atoms with Gasteiger partial charge in [0.15, 0.2) is 11.3 Å². The van der Waals surface area contributed by atoms with Gasteiger partial charge in [-0.3, -0.25) is 9.89 Å². The molecule has 5 nitrogen and oxygen atoms in total. The quantitative estimate of drug-likeness (QED) is 0.627. The second-order valence-corrected chi connectivity index (χ2v) is 2.26. The Balaban J connectivity index is 2.63. The van der Waals surface area contributed by atoms with Gasteiger partial charge in [0.05, 0.1) is 5.56 Å². The van der Waals surface area contributed by atoms with E-state index in [2.05, 4.69) is 20.2 Å². The van der Waals surface area contributed by atoms with Gasteiger partial charge in [0.25, 0.3) is 0 Å². The summed E-state index contributed by atoms with van der Waals surface area (Å²) in [5.74, 6) is 0.483. The van der Waals surface area contributed by atoms with Crippen LogP contribution in [-0.4, -0.2) is 20.2 Å². The number of hydrogen-bond donors (Lipinski definition) is 2. The summed E-state index contributed by atoms with van der Waals surface area (Å²) >= 11 is 0. The van der Waals surface area contributed by atoms with Crippen LogP contribution in [0.25, 0.3) is 11.4 Å². The Hall–Kier alpha value is -1.91. The molecule has 12 heavy (non-hydrogen) atoms. The summed E-state index contributed by atoms with van der Waals surface area (Å²) in [5, 5.41) is 6.26. The molecule has 0 bridgehead atoms. The zero-order valence-electron chi connectivity index (χ0n) is 6.11. The third-order valence-corrected chi connectivity index (χ3v) is 1.49. The van der Waals surface area contributed by atoms with Crippen LogP contribution in [0.4, 0.5) is 0 Å². The molecule has 0 aliphatic carbocycles. The van der Waals surface area contributed by atoms with Crippen molar-refractivity contribution in [3.8, 4) is 11.4 Å². The molecule has 0 atom stereocenters. The van der Waals surface area contributed by atoms with E-state index in [1.807, 2.05) is 0 Å². The van der Waals surface area contributed by atoms with E-state index in [9.17, 15) is 4.79 Å². The van der Waals surface area contributed by atoms with Crippen molar-refractivity contribution in [1.82, 2.24) is 20.2 Å². The number of aromatic amines is 2. The van der Waals surface area contributed by atoms with Gasteiger partial charge in [-0.05, 0) is 0 Å². The van der Waals surface area contributed by atoms with E-state index in [0.717, 1.165) is 0 Å². The molecule has 0 amide bonds. The molecule has 60 valence electrons. The average Bonchev–Trinajstić information content (AvgIpc) is 2.57. The predicted octanol–water partition coefficient (Wildman–Crippen LogP) is 0.160. The maximum Gasteiger partial charge on any atom is 0.192 e. The summed E-state index contributed by atoms with van der Waals surface area (Å²) in [6, 6.07) is 1.44. The van der Waals surface area contributed by atoms with E-state index < -0.39 is 0 Å². The Labute approximate surface area is 67.5 Å². The Kier molecular flexibility index (Phi) is 1.48. The standard InChI is InChI=1S/C7H6N4O/c12-6-1-2-8-3-5(6)7-9-4-10-11-7/h1-4H,(H,8,12)(H,9,10,11). The number of hydrogen-bond acceptors (Lipinski definition) is 3. The first-order valence-electron chi connectivity index (χ1n) is 3.41. The Bertz CT molecular complexity index is 417. The van der Waals surface area contributed by atoms with Crippen molar-refractivity contribution in [2.24, 2.45) is 0 Å². The smallest absolute Gasteiger partial charge is 0.192 e. The molecule has 0 spiro atoms. The van der Waals surface area contributed by atoms with Crippen LogP contribution in [0, 0.1) is 0 Å². The van der Waals surface area contributed by atoms with Gasteiger partial charge >= 0.3 is 0 Å². The molecule has 5 heteroatoms. The molecule has 2 heterocycles. The highest BCUT2D eigenvalue weighted by Gasteiger charge is 2.02. The lowest BCUT2D eigenvalue weighted by molar-refractivity contribution is 1.09. The topological polar surface area (TPSA) is 74.4 Å². The van der Waals surface area contributed by atoms with Crippen molar-refractivity contribution in [2.75, 3.05) is 0 Å². The second-order valence-electron chi connectivity index (χ2n) is 2.26. The van der Waals surface area contributed by atoms with Gasteiger partial charge in [0.1, 0.15) is 6.33 Å². The van der Waals surface area contributed by atoms with Crippen molar-refractivity contribution >= 4 is 0 Å². The third-order valence-electron chi connectivity index (χ3n) is 1.49. The average molecular weight is 162 g/mol. The number of rotatable bonds is 1. The van der Waals surface area contributed by atoms with Crippen LogP contribution in [0.5, 0.6) is 0 Å². The van der Waals surface area contributed by atoms with E-state index >= 15 is 0 Å². The van der Waals surface area contributed by atoms with Crippen molar-refractivity contribution in [3.63, 3.8) is 0 Å². The molecule has 2 aromatic rings. The van der Waals surface area contributed by atoms with Crippen molar-refractivity contribution in [3.05, 3.63) is 35.0 Å². The number of aromatic nitrogens is 4. The van der Waals surface area contributed by atoms with Crippen LogP contribution < -0.4 is 5.43 Å². The minimum absolute atomic E-state index is 0.0782. The van der Waals surface area contributed by atoms with Gasteiger partial charge in [-0.15, -0.1) is 0 Å². The fourth-order valence-corrected chi connectivity index (χ4v) is 0.936. The van der Waals surface area contributed by atoms with Gasteiger partial charge < -0.3 is 4.98 Å². The fraction of sp³-hybridized carbons (Fsp3) is 0. The molecule has 0 fully saturated rings. The van der Waals surface area contributed by atoms with Crippen LogP contribution >= 0.6 is 0 Å². The van der Waals surface area contributed by atoms with Gasteiger partial charge in [-0.2, -0.15) is 5.10 Å².